The molecular formula is C33H49F2N5O7. The number of hydrogen-bond acceptors (Lipinski definition) is 11. The molecule has 262 valence electrons. The van der Waals surface area contributed by atoms with Crippen LogP contribution in [0.1, 0.15) is 50.2 Å². The molecule has 0 saturated carbocycles. The summed E-state index contributed by atoms with van der Waals surface area (Å²) in [5.41, 5.74) is 0.825. The zero-order valence-electron chi connectivity index (χ0n) is 27.1. The van der Waals surface area contributed by atoms with Gasteiger partial charge in [-0.2, -0.15) is 0 Å². The topological polar surface area (TPSA) is 163 Å². The summed E-state index contributed by atoms with van der Waals surface area (Å²) in [4.78, 5) is 27.3. The van der Waals surface area contributed by atoms with Crippen LogP contribution >= 0.6 is 0 Å². The molecule has 1 aromatic carbocycles. The molecule has 2 aliphatic rings. The Morgan fingerprint density at radius 3 is 2.17 bits per heavy atom. The summed E-state index contributed by atoms with van der Waals surface area (Å²) in [6.07, 6.45) is 2.77. The number of benzene rings is 1. The Kier molecular flexibility index (Phi) is 14.1. The molecule has 12 nitrogen and oxygen atoms in total. The highest BCUT2D eigenvalue weighted by Gasteiger charge is 2.32. The average molecular weight is 666 g/mol. The Morgan fingerprint density at radius 1 is 0.957 bits per heavy atom. The van der Waals surface area contributed by atoms with Gasteiger partial charge in [-0.1, -0.05) is 13.3 Å². The number of carbonyl (C=O) groups excluding carboxylic acids is 1. The fourth-order valence-electron chi connectivity index (χ4n) is 6.12. The van der Waals surface area contributed by atoms with Crippen molar-refractivity contribution in [2.45, 2.75) is 76.3 Å². The van der Waals surface area contributed by atoms with Crippen molar-refractivity contribution in [2.75, 3.05) is 63.9 Å². The largest absolute Gasteiger partial charge is 0.493 e. The average Bonchev–Trinajstić information content (AvgIpc) is 3.08. The Labute approximate surface area is 274 Å². The summed E-state index contributed by atoms with van der Waals surface area (Å²) in [6.45, 7) is 4.57. The van der Waals surface area contributed by atoms with Crippen molar-refractivity contribution >= 4 is 11.9 Å². The number of piperazine rings is 1. The smallest absolute Gasteiger partial charge is 0.227 e. The lowest BCUT2D eigenvalue weighted by Crippen LogP contribution is -2.54. The first-order chi connectivity index (χ1) is 22.6. The molecule has 0 radical (unpaired) electrons. The van der Waals surface area contributed by atoms with E-state index in [0.717, 1.165) is 75.3 Å². The van der Waals surface area contributed by atoms with Crippen LogP contribution in [0.15, 0.2) is 24.5 Å². The number of aromatic nitrogens is 2. The number of piperidine rings is 1. The van der Waals surface area contributed by atoms with Gasteiger partial charge in [0, 0.05) is 75.9 Å². The zero-order valence-corrected chi connectivity index (χ0v) is 27.1. The Hall–Kier alpha value is -3.01. The summed E-state index contributed by atoms with van der Waals surface area (Å²) in [5, 5.41) is 48.4. The van der Waals surface area contributed by atoms with Crippen LogP contribution in [-0.4, -0.2) is 135 Å². The number of ether oxygens (including phenoxy) is 1. The molecular weight excluding hydrogens is 616 g/mol. The van der Waals surface area contributed by atoms with E-state index in [1.54, 1.807) is 4.90 Å². The summed E-state index contributed by atoms with van der Waals surface area (Å²) < 4.78 is 35.4. The van der Waals surface area contributed by atoms with Crippen LogP contribution in [-0.2, 0) is 17.6 Å². The van der Waals surface area contributed by atoms with Crippen LogP contribution in [0.2, 0.25) is 0 Å². The van der Waals surface area contributed by atoms with Crippen LogP contribution in [0.5, 0.6) is 5.75 Å². The number of aliphatic hydroxyl groups is 5. The molecule has 4 atom stereocenters. The second kappa shape index (κ2) is 17.9. The van der Waals surface area contributed by atoms with E-state index in [1.807, 2.05) is 12.4 Å². The lowest BCUT2D eigenvalue weighted by molar-refractivity contribution is -0.134. The summed E-state index contributed by atoms with van der Waals surface area (Å²) in [5.74, 6) is -0.735. The number of rotatable bonds is 16. The fourth-order valence-corrected chi connectivity index (χ4v) is 6.12. The molecule has 47 heavy (non-hydrogen) atoms. The maximum atomic E-state index is 14.9. The van der Waals surface area contributed by atoms with Crippen molar-refractivity contribution in [1.82, 2.24) is 19.8 Å². The van der Waals surface area contributed by atoms with Gasteiger partial charge in [0.05, 0.1) is 25.7 Å². The summed E-state index contributed by atoms with van der Waals surface area (Å²) >= 11 is 0. The van der Waals surface area contributed by atoms with Gasteiger partial charge in [-0.25, -0.2) is 18.7 Å². The number of β-amino-alcohol motifs (C(OH)–C–C–N with tert-alkyl or cyclic N) is 1. The predicted octanol–water partition coefficient (Wildman–Crippen LogP) is 0.906. The second-order valence-electron chi connectivity index (χ2n) is 12.6. The van der Waals surface area contributed by atoms with E-state index in [1.165, 1.54) is 4.90 Å². The molecule has 3 heterocycles. The second-order valence-corrected chi connectivity index (χ2v) is 12.6. The van der Waals surface area contributed by atoms with Gasteiger partial charge in [-0.3, -0.25) is 9.69 Å². The standard InChI is InChI=1S/C33H49F2N5O7/c1-2-4-23-18-36-33(37-19-23)40-8-6-22(7-9-40)5-3-14-47-24-15-26(34)25(27(35)16-24)17-30(44)39-12-10-38(11-13-39)20-28(42)31(45)32(46)29(43)21-41/h15-16,18-19,22,28-29,31-32,41-43,45-46H,2-14,17,20-21H2,1H3/t28-,29+,31+,32+/m0/s1. The third-order valence-corrected chi connectivity index (χ3v) is 9.09. The quantitative estimate of drug-likeness (QED) is 0.162. The first-order valence-corrected chi connectivity index (χ1v) is 16.6. The zero-order chi connectivity index (χ0) is 33.9. The molecule has 0 aliphatic carbocycles. The van der Waals surface area contributed by atoms with E-state index in [-0.39, 0.29) is 30.9 Å². The maximum Gasteiger partial charge on any atom is 0.227 e. The lowest BCUT2D eigenvalue weighted by atomic mass is 9.92. The van der Waals surface area contributed by atoms with E-state index in [2.05, 4.69) is 21.8 Å². The number of aliphatic hydroxyl groups excluding tert-OH is 5. The maximum absolute atomic E-state index is 14.9. The third kappa shape index (κ3) is 10.5. The Morgan fingerprint density at radius 2 is 1.57 bits per heavy atom. The van der Waals surface area contributed by atoms with Crippen LogP contribution in [0, 0.1) is 17.6 Å². The van der Waals surface area contributed by atoms with Gasteiger partial charge in [0.2, 0.25) is 11.9 Å². The molecule has 5 N–H and O–H groups in total. The van der Waals surface area contributed by atoms with E-state index in [0.29, 0.717) is 25.6 Å². The van der Waals surface area contributed by atoms with Gasteiger partial charge in [-0.05, 0) is 43.6 Å². The number of anilines is 1. The molecule has 4 rings (SSSR count). The summed E-state index contributed by atoms with van der Waals surface area (Å²) in [6, 6.07) is 2.23. The Bertz CT molecular complexity index is 1240. The number of amides is 1. The molecule has 2 saturated heterocycles. The molecule has 2 aliphatic heterocycles. The highest BCUT2D eigenvalue weighted by molar-refractivity contribution is 5.79. The number of aryl methyl sites for hydroxylation is 1. The minimum Gasteiger partial charge on any atom is -0.493 e. The summed E-state index contributed by atoms with van der Waals surface area (Å²) in [7, 11) is 0. The normalized spacial score (nSPS) is 19.0. The molecule has 2 aromatic rings. The number of nitrogens with zero attached hydrogens (tertiary/aromatic N) is 5. The first-order valence-electron chi connectivity index (χ1n) is 16.6. The first kappa shape index (κ1) is 36.8. The molecule has 2 fully saturated rings. The van der Waals surface area contributed by atoms with E-state index in [4.69, 9.17) is 9.84 Å². The molecule has 0 spiro atoms. The van der Waals surface area contributed by atoms with Crippen LogP contribution in [0.4, 0.5) is 14.7 Å². The van der Waals surface area contributed by atoms with E-state index < -0.39 is 55.0 Å². The SMILES string of the molecule is CCCc1cnc(N2CCC(CCCOc3cc(F)c(CC(=O)N4CCN(C[C@H](O)[C@@H](O)[C@H](O)[C@H](O)CO)CC4)c(F)c3)CC2)nc1. The predicted molar refractivity (Wildman–Crippen MR) is 170 cm³/mol. The fraction of sp³-hybridized carbons (Fsp3) is 0.667. The van der Waals surface area contributed by atoms with Crippen molar-refractivity contribution in [2.24, 2.45) is 5.92 Å². The number of carbonyl (C=O) groups is 1. The van der Waals surface area contributed by atoms with Crippen molar-refractivity contribution < 1.29 is 43.8 Å². The van der Waals surface area contributed by atoms with Crippen molar-refractivity contribution in [1.29, 1.82) is 0 Å². The van der Waals surface area contributed by atoms with Gasteiger partial charge in [0.15, 0.2) is 0 Å². The number of halogens is 2. The van der Waals surface area contributed by atoms with Gasteiger partial charge >= 0.3 is 0 Å². The third-order valence-electron chi connectivity index (χ3n) is 9.09. The molecule has 1 amide bonds. The molecule has 1 aromatic heterocycles. The highest BCUT2D eigenvalue weighted by Crippen LogP contribution is 2.26. The van der Waals surface area contributed by atoms with Gasteiger partial charge < -0.3 is 40.1 Å². The van der Waals surface area contributed by atoms with E-state index >= 15 is 0 Å². The molecule has 0 bridgehead atoms. The van der Waals surface area contributed by atoms with Gasteiger partial charge in [-0.15, -0.1) is 0 Å². The van der Waals surface area contributed by atoms with Gasteiger partial charge in [0.1, 0.15) is 35.7 Å². The molecule has 0 unspecified atom stereocenters. The highest BCUT2D eigenvalue weighted by atomic mass is 19.1. The van der Waals surface area contributed by atoms with Crippen molar-refractivity contribution in [3.63, 3.8) is 0 Å². The van der Waals surface area contributed by atoms with Crippen LogP contribution in [0.3, 0.4) is 0 Å². The van der Waals surface area contributed by atoms with Crippen molar-refractivity contribution in [3.8, 4) is 5.75 Å². The van der Waals surface area contributed by atoms with Gasteiger partial charge in [0.25, 0.3) is 0 Å². The lowest BCUT2D eigenvalue weighted by Gasteiger charge is -2.37. The van der Waals surface area contributed by atoms with E-state index in [9.17, 15) is 34.0 Å². The Balaban J connectivity index is 1.15. The van der Waals surface area contributed by atoms with Crippen molar-refractivity contribution in [3.05, 3.63) is 47.3 Å². The minimum atomic E-state index is -1.72. The number of hydrogen-bond donors (Lipinski definition) is 5. The monoisotopic (exact) mass is 665 g/mol. The van der Waals surface area contributed by atoms with Crippen LogP contribution < -0.4 is 9.64 Å². The molecule has 14 heteroatoms. The van der Waals surface area contributed by atoms with Crippen LogP contribution in [0.25, 0.3) is 0 Å². The minimum absolute atomic E-state index is 0.0358.